The van der Waals surface area contributed by atoms with Crippen molar-refractivity contribution in [2.24, 2.45) is 16.0 Å². The van der Waals surface area contributed by atoms with E-state index in [-0.39, 0.29) is 5.91 Å². The van der Waals surface area contributed by atoms with Crippen LogP contribution >= 0.6 is 0 Å². The van der Waals surface area contributed by atoms with Gasteiger partial charge >= 0.3 is 0 Å². The van der Waals surface area contributed by atoms with Crippen LogP contribution in [-0.4, -0.2) is 28.9 Å². The van der Waals surface area contributed by atoms with Crippen LogP contribution in [0.25, 0.3) is 6.08 Å². The van der Waals surface area contributed by atoms with Crippen molar-refractivity contribution in [2.45, 2.75) is 62.9 Å². The predicted octanol–water partition coefficient (Wildman–Crippen LogP) is 2.61. The SMILES string of the molecule is O=C1NN=CC1C1=NC=CNC1=Cc1[nH]c(C2CC2)c(CNC2CC2)c1C1CC1. The third kappa shape index (κ3) is 3.33. The first kappa shape index (κ1) is 17.2. The molecule has 5 aliphatic rings. The largest absolute Gasteiger partial charge is 0.359 e. The minimum atomic E-state index is -0.447. The van der Waals surface area contributed by atoms with Gasteiger partial charge in [-0.05, 0) is 67.6 Å². The second kappa shape index (κ2) is 6.69. The highest BCUT2D eigenvalue weighted by Crippen LogP contribution is 2.49. The number of H-pyrrole nitrogens is 1. The number of aliphatic imine (C=N–C) groups is 1. The molecule has 1 atom stereocenters. The Morgan fingerprint density at radius 1 is 1.14 bits per heavy atom. The fourth-order valence-electron chi connectivity index (χ4n) is 4.40. The molecule has 0 aromatic carbocycles. The number of nitrogens with zero attached hydrogens (tertiary/aromatic N) is 2. The molecule has 1 aromatic heterocycles. The molecule has 1 aromatic rings. The number of hydrogen-bond acceptors (Lipinski definition) is 5. The van der Waals surface area contributed by atoms with Crippen molar-refractivity contribution < 1.29 is 4.79 Å². The zero-order valence-corrected chi connectivity index (χ0v) is 16.4. The summed E-state index contributed by atoms with van der Waals surface area (Å²) < 4.78 is 0. The van der Waals surface area contributed by atoms with Crippen LogP contribution in [0.4, 0.5) is 0 Å². The lowest BCUT2D eigenvalue weighted by molar-refractivity contribution is -0.120. The first-order chi connectivity index (χ1) is 14.3. The smallest absolute Gasteiger partial charge is 0.254 e. The molecule has 3 aliphatic carbocycles. The van der Waals surface area contributed by atoms with Crippen molar-refractivity contribution >= 4 is 23.9 Å². The molecule has 7 nitrogen and oxygen atoms in total. The lowest BCUT2D eigenvalue weighted by Gasteiger charge is -2.16. The topological polar surface area (TPSA) is 93.7 Å². The minimum absolute atomic E-state index is 0.131. The minimum Gasteiger partial charge on any atom is -0.359 e. The highest BCUT2D eigenvalue weighted by Gasteiger charge is 2.37. The van der Waals surface area contributed by atoms with E-state index >= 15 is 0 Å². The number of hydrogen-bond donors (Lipinski definition) is 4. The molecule has 3 saturated carbocycles. The third-order valence-corrected chi connectivity index (χ3v) is 6.39. The van der Waals surface area contributed by atoms with E-state index in [9.17, 15) is 4.79 Å². The highest BCUT2D eigenvalue weighted by molar-refractivity contribution is 6.24. The van der Waals surface area contributed by atoms with Crippen molar-refractivity contribution in [1.29, 1.82) is 0 Å². The molecule has 4 N–H and O–H groups in total. The molecule has 1 amide bonds. The molecule has 1 unspecified atom stereocenters. The normalized spacial score (nSPS) is 27.3. The van der Waals surface area contributed by atoms with Gasteiger partial charge in [-0.15, -0.1) is 0 Å². The molecule has 0 spiro atoms. The summed E-state index contributed by atoms with van der Waals surface area (Å²) in [6.07, 6.45) is 15.0. The quantitative estimate of drug-likeness (QED) is 0.576. The molecule has 6 rings (SSSR count). The summed E-state index contributed by atoms with van der Waals surface area (Å²) in [5.74, 6) is 0.749. The number of allylic oxidation sites excluding steroid dienone is 1. The Hall–Kier alpha value is -2.67. The highest BCUT2D eigenvalue weighted by atomic mass is 16.2. The number of rotatable bonds is 7. The molecule has 3 fully saturated rings. The maximum absolute atomic E-state index is 12.2. The van der Waals surface area contributed by atoms with Gasteiger partial charge in [-0.3, -0.25) is 9.79 Å². The predicted molar refractivity (Wildman–Crippen MR) is 112 cm³/mol. The summed E-state index contributed by atoms with van der Waals surface area (Å²) in [5, 5.41) is 11.0. The Kier molecular flexibility index (Phi) is 3.97. The van der Waals surface area contributed by atoms with E-state index in [0.29, 0.717) is 23.6 Å². The van der Waals surface area contributed by atoms with E-state index < -0.39 is 5.92 Å². The van der Waals surface area contributed by atoms with Crippen molar-refractivity contribution in [3.8, 4) is 0 Å². The van der Waals surface area contributed by atoms with Gasteiger partial charge in [0.25, 0.3) is 5.91 Å². The van der Waals surface area contributed by atoms with Crippen LogP contribution in [-0.2, 0) is 11.3 Å². The van der Waals surface area contributed by atoms with Crippen LogP contribution < -0.4 is 16.1 Å². The molecule has 2 aliphatic heterocycles. The van der Waals surface area contributed by atoms with Gasteiger partial charge in [-0.2, -0.15) is 5.10 Å². The standard InChI is InChI=1S/C22H26N6O/c29-22-16(11-26-28-22)21-18(23-7-8-24-21)9-17-19(12-1-2-12)15(10-25-14-5-6-14)20(27-17)13-3-4-13/h7-9,11-14,16,23,25,27H,1-6,10H2,(H,28,29). The summed E-state index contributed by atoms with van der Waals surface area (Å²) in [6, 6.07) is 0.704. The summed E-state index contributed by atoms with van der Waals surface area (Å²) in [5.41, 5.74) is 9.69. The van der Waals surface area contributed by atoms with Crippen molar-refractivity contribution in [3.05, 3.63) is 40.6 Å². The number of nitrogens with one attached hydrogen (secondary N) is 4. The van der Waals surface area contributed by atoms with Crippen LogP contribution in [0.2, 0.25) is 0 Å². The summed E-state index contributed by atoms with van der Waals surface area (Å²) in [6.45, 7) is 0.966. The van der Waals surface area contributed by atoms with E-state index in [2.05, 4.69) is 37.2 Å². The fourth-order valence-corrected chi connectivity index (χ4v) is 4.40. The van der Waals surface area contributed by atoms with E-state index in [0.717, 1.165) is 12.2 Å². The Morgan fingerprint density at radius 2 is 1.97 bits per heavy atom. The molecule has 0 saturated heterocycles. The van der Waals surface area contributed by atoms with Crippen LogP contribution in [0.15, 0.2) is 28.2 Å². The number of amides is 1. The lowest BCUT2D eigenvalue weighted by atomic mass is 9.98. The van der Waals surface area contributed by atoms with Crippen LogP contribution in [0.3, 0.4) is 0 Å². The van der Waals surface area contributed by atoms with Gasteiger partial charge in [0.1, 0.15) is 5.92 Å². The van der Waals surface area contributed by atoms with E-state index in [1.54, 1.807) is 12.4 Å². The Morgan fingerprint density at radius 3 is 2.66 bits per heavy atom. The van der Waals surface area contributed by atoms with Crippen molar-refractivity contribution in [2.75, 3.05) is 0 Å². The number of aromatic amines is 1. The second-order valence-corrected chi connectivity index (χ2v) is 8.81. The van der Waals surface area contributed by atoms with Gasteiger partial charge < -0.3 is 15.6 Å². The molecule has 29 heavy (non-hydrogen) atoms. The average Bonchev–Trinajstić information content (AvgIpc) is 3.60. The third-order valence-electron chi connectivity index (χ3n) is 6.39. The van der Waals surface area contributed by atoms with Gasteiger partial charge in [0.2, 0.25) is 0 Å². The van der Waals surface area contributed by atoms with Gasteiger partial charge in [0, 0.05) is 42.6 Å². The zero-order valence-electron chi connectivity index (χ0n) is 16.4. The first-order valence-corrected chi connectivity index (χ1v) is 10.8. The molecule has 150 valence electrons. The summed E-state index contributed by atoms with van der Waals surface area (Å²) in [4.78, 5) is 20.4. The number of hydrazone groups is 1. The average molecular weight is 390 g/mol. The molecule has 0 bridgehead atoms. The maximum Gasteiger partial charge on any atom is 0.254 e. The van der Waals surface area contributed by atoms with E-state index in [4.69, 9.17) is 0 Å². The van der Waals surface area contributed by atoms with Crippen molar-refractivity contribution in [1.82, 2.24) is 21.0 Å². The van der Waals surface area contributed by atoms with Gasteiger partial charge in [0.15, 0.2) is 0 Å². The Labute approximate surface area is 169 Å². The van der Waals surface area contributed by atoms with Crippen LogP contribution in [0.1, 0.15) is 72.9 Å². The monoisotopic (exact) mass is 390 g/mol. The van der Waals surface area contributed by atoms with Crippen LogP contribution in [0.5, 0.6) is 0 Å². The lowest BCUT2D eigenvalue weighted by Crippen LogP contribution is -2.32. The molecular formula is C22H26N6O. The number of carbonyl (C=O) groups is 1. The Bertz CT molecular complexity index is 972. The van der Waals surface area contributed by atoms with Crippen LogP contribution in [0, 0.1) is 5.92 Å². The maximum atomic E-state index is 12.2. The first-order valence-electron chi connectivity index (χ1n) is 10.8. The van der Waals surface area contributed by atoms with Crippen molar-refractivity contribution in [3.63, 3.8) is 0 Å². The fraction of sp³-hybridized carbons (Fsp3) is 0.500. The molecular weight excluding hydrogens is 364 g/mol. The van der Waals surface area contributed by atoms with Gasteiger partial charge in [-0.25, -0.2) is 5.43 Å². The second-order valence-electron chi connectivity index (χ2n) is 8.81. The summed E-state index contributed by atoms with van der Waals surface area (Å²) >= 11 is 0. The summed E-state index contributed by atoms with van der Waals surface area (Å²) in [7, 11) is 0. The Balaban J connectivity index is 1.39. The molecule has 0 radical (unpaired) electrons. The number of carbonyl (C=O) groups excluding carboxylic acids is 1. The molecule has 7 heteroatoms. The van der Waals surface area contributed by atoms with E-state index in [1.807, 2.05) is 6.20 Å². The number of aromatic nitrogens is 1. The van der Waals surface area contributed by atoms with Gasteiger partial charge in [0.05, 0.1) is 11.4 Å². The van der Waals surface area contributed by atoms with E-state index in [1.165, 1.54) is 61.0 Å². The van der Waals surface area contributed by atoms with Gasteiger partial charge in [-0.1, -0.05) is 0 Å². The zero-order chi connectivity index (χ0) is 19.4. The molecule has 3 heterocycles.